The summed E-state index contributed by atoms with van der Waals surface area (Å²) in [6, 6.07) is 5.73. The van der Waals surface area contributed by atoms with Crippen LogP contribution >= 0.6 is 11.6 Å². The average molecular weight is 234 g/mol. The molecule has 0 saturated carbocycles. The van der Waals surface area contributed by atoms with E-state index in [2.05, 4.69) is 16.8 Å². The largest absolute Gasteiger partial charge is 0.384 e. The highest BCUT2D eigenvalue weighted by molar-refractivity contribution is 6.31. The van der Waals surface area contributed by atoms with Gasteiger partial charge < -0.3 is 5.73 Å². The Bertz CT molecular complexity index is 543. The molecule has 0 saturated heterocycles. The summed E-state index contributed by atoms with van der Waals surface area (Å²) in [7, 11) is 0. The summed E-state index contributed by atoms with van der Waals surface area (Å²) >= 11 is 6.05. The number of rotatable bonds is 2. The van der Waals surface area contributed by atoms with Crippen molar-refractivity contribution in [2.24, 2.45) is 0 Å². The number of anilines is 1. The van der Waals surface area contributed by atoms with E-state index in [0.29, 0.717) is 10.8 Å². The van der Waals surface area contributed by atoms with Gasteiger partial charge in [-0.2, -0.15) is 5.10 Å². The van der Waals surface area contributed by atoms with Gasteiger partial charge in [-0.05, 0) is 36.2 Å². The van der Waals surface area contributed by atoms with E-state index in [1.54, 1.807) is 6.20 Å². The van der Waals surface area contributed by atoms with Gasteiger partial charge in [0.05, 0.1) is 6.20 Å². The summed E-state index contributed by atoms with van der Waals surface area (Å²) in [5.74, 6) is 0.537. The first-order valence-corrected chi connectivity index (χ1v) is 5.21. The first-order chi connectivity index (χ1) is 7.58. The smallest absolute Gasteiger partial charge is 0.126 e. The normalized spacial score (nSPS) is 10.4. The molecule has 0 unspecified atom stereocenters. The number of hydrogen-bond acceptors (Lipinski definition) is 2. The van der Waals surface area contributed by atoms with E-state index >= 15 is 0 Å². The molecule has 0 amide bonds. The lowest BCUT2D eigenvalue weighted by molar-refractivity contribution is 1.10. The molecule has 0 fully saturated rings. The number of H-pyrrole nitrogens is 1. The van der Waals surface area contributed by atoms with Crippen LogP contribution in [0.25, 0.3) is 16.7 Å². The Balaban J connectivity index is 2.58. The summed E-state index contributed by atoms with van der Waals surface area (Å²) in [5.41, 5.74) is 9.53. The second kappa shape index (κ2) is 4.02. The highest BCUT2D eigenvalue weighted by Gasteiger charge is 2.07. The fourth-order valence-corrected chi connectivity index (χ4v) is 1.75. The molecule has 0 aliphatic rings. The molecule has 82 valence electrons. The van der Waals surface area contributed by atoms with Crippen molar-refractivity contribution in [1.82, 2.24) is 10.2 Å². The maximum atomic E-state index is 6.05. The standard InChI is InChI=1S/C12H12ClN3/c1-7(2)8-3-9(5-10(13)4-8)11-6-15-16-12(11)14/h3-6H,1H2,2H3,(H3,14,15,16). The molecule has 3 nitrogen and oxygen atoms in total. The maximum absolute atomic E-state index is 6.05. The number of nitrogens with zero attached hydrogens (tertiary/aromatic N) is 1. The van der Waals surface area contributed by atoms with Crippen molar-refractivity contribution in [3.05, 3.63) is 41.6 Å². The molecule has 3 N–H and O–H groups in total. The lowest BCUT2D eigenvalue weighted by Gasteiger charge is -2.05. The van der Waals surface area contributed by atoms with Gasteiger partial charge in [-0.3, -0.25) is 5.10 Å². The van der Waals surface area contributed by atoms with Crippen LogP contribution in [0.3, 0.4) is 0 Å². The molecule has 2 rings (SSSR count). The molecule has 0 aliphatic carbocycles. The number of nitrogen functional groups attached to an aromatic ring is 1. The second-order valence-electron chi connectivity index (χ2n) is 3.71. The van der Waals surface area contributed by atoms with Crippen LogP contribution in [0, 0.1) is 0 Å². The number of aromatic amines is 1. The molecule has 1 aromatic heterocycles. The maximum Gasteiger partial charge on any atom is 0.126 e. The fraction of sp³-hybridized carbons (Fsp3) is 0.0833. The summed E-state index contributed by atoms with van der Waals surface area (Å²) in [5, 5.41) is 7.25. The molecule has 1 aromatic carbocycles. The van der Waals surface area contributed by atoms with E-state index in [-0.39, 0.29) is 0 Å². The number of allylic oxidation sites excluding steroid dienone is 1. The third-order valence-electron chi connectivity index (χ3n) is 2.37. The van der Waals surface area contributed by atoms with Gasteiger partial charge >= 0.3 is 0 Å². The minimum atomic E-state index is 0.537. The molecule has 0 bridgehead atoms. The topological polar surface area (TPSA) is 54.7 Å². The number of hydrogen-bond donors (Lipinski definition) is 2. The molecule has 0 atom stereocenters. The first-order valence-electron chi connectivity index (χ1n) is 4.83. The Morgan fingerprint density at radius 3 is 2.75 bits per heavy atom. The lowest BCUT2D eigenvalue weighted by atomic mass is 10.0. The number of nitrogens with two attached hydrogens (primary N) is 1. The third-order valence-corrected chi connectivity index (χ3v) is 2.59. The third kappa shape index (κ3) is 1.95. The van der Waals surface area contributed by atoms with Crippen molar-refractivity contribution >= 4 is 23.0 Å². The zero-order valence-corrected chi connectivity index (χ0v) is 9.67. The predicted molar refractivity (Wildman–Crippen MR) is 68.2 cm³/mol. The van der Waals surface area contributed by atoms with Crippen LogP contribution in [0.15, 0.2) is 31.0 Å². The van der Waals surface area contributed by atoms with Crippen LogP contribution in [0.5, 0.6) is 0 Å². The van der Waals surface area contributed by atoms with E-state index in [4.69, 9.17) is 17.3 Å². The molecule has 4 heteroatoms. The van der Waals surface area contributed by atoms with Gasteiger partial charge in [-0.1, -0.05) is 23.8 Å². The summed E-state index contributed by atoms with van der Waals surface area (Å²) in [6.07, 6.45) is 1.68. The van der Waals surface area contributed by atoms with E-state index < -0.39 is 0 Å². The van der Waals surface area contributed by atoms with Crippen LogP contribution in [0.4, 0.5) is 5.82 Å². The first kappa shape index (κ1) is 10.8. The summed E-state index contributed by atoms with van der Waals surface area (Å²) in [6.45, 7) is 5.84. The van der Waals surface area contributed by atoms with Gasteiger partial charge in [-0.25, -0.2) is 0 Å². The van der Waals surface area contributed by atoms with Crippen molar-refractivity contribution in [3.63, 3.8) is 0 Å². The lowest BCUT2D eigenvalue weighted by Crippen LogP contribution is -1.88. The molecule has 0 spiro atoms. The Morgan fingerprint density at radius 2 is 2.19 bits per heavy atom. The quantitative estimate of drug-likeness (QED) is 0.836. The Hall–Kier alpha value is -1.74. The molecule has 1 heterocycles. The van der Waals surface area contributed by atoms with Gasteiger partial charge in [0.2, 0.25) is 0 Å². The number of nitrogens with one attached hydrogen (secondary N) is 1. The van der Waals surface area contributed by atoms with Gasteiger partial charge in [-0.15, -0.1) is 0 Å². The van der Waals surface area contributed by atoms with Crippen molar-refractivity contribution < 1.29 is 0 Å². The number of aromatic nitrogens is 2. The fourth-order valence-electron chi connectivity index (χ4n) is 1.52. The van der Waals surface area contributed by atoms with Crippen LogP contribution in [-0.2, 0) is 0 Å². The summed E-state index contributed by atoms with van der Waals surface area (Å²) in [4.78, 5) is 0. The van der Waals surface area contributed by atoms with Crippen molar-refractivity contribution in [3.8, 4) is 11.1 Å². The molecule has 0 aliphatic heterocycles. The highest BCUT2D eigenvalue weighted by Crippen LogP contribution is 2.29. The van der Waals surface area contributed by atoms with Crippen LogP contribution in [-0.4, -0.2) is 10.2 Å². The van der Waals surface area contributed by atoms with Gasteiger partial charge in [0.25, 0.3) is 0 Å². The monoisotopic (exact) mass is 233 g/mol. The zero-order valence-electron chi connectivity index (χ0n) is 8.92. The minimum absolute atomic E-state index is 0.537. The number of benzene rings is 1. The van der Waals surface area contributed by atoms with Crippen LogP contribution < -0.4 is 5.73 Å². The predicted octanol–water partition coefficient (Wildman–Crippen LogP) is 3.35. The summed E-state index contributed by atoms with van der Waals surface area (Å²) < 4.78 is 0. The SMILES string of the molecule is C=C(C)c1cc(Cl)cc(-c2cn[nH]c2N)c1. The molecule has 0 radical (unpaired) electrons. The Kier molecular flexibility index (Phi) is 2.71. The van der Waals surface area contributed by atoms with Crippen molar-refractivity contribution in [2.75, 3.05) is 5.73 Å². The molecule has 2 aromatic rings. The van der Waals surface area contributed by atoms with Crippen molar-refractivity contribution in [2.45, 2.75) is 6.92 Å². The highest BCUT2D eigenvalue weighted by atomic mass is 35.5. The Morgan fingerprint density at radius 1 is 1.44 bits per heavy atom. The Labute approximate surface area is 98.9 Å². The van der Waals surface area contributed by atoms with E-state index in [1.165, 1.54) is 0 Å². The zero-order chi connectivity index (χ0) is 11.7. The molecular formula is C12H12ClN3. The second-order valence-corrected chi connectivity index (χ2v) is 4.14. The average Bonchev–Trinajstić information content (AvgIpc) is 2.63. The van der Waals surface area contributed by atoms with Crippen LogP contribution in [0.2, 0.25) is 5.02 Å². The van der Waals surface area contributed by atoms with E-state index in [0.717, 1.165) is 22.3 Å². The molecular weight excluding hydrogens is 222 g/mol. The van der Waals surface area contributed by atoms with E-state index in [1.807, 2.05) is 25.1 Å². The van der Waals surface area contributed by atoms with Gasteiger partial charge in [0, 0.05) is 10.6 Å². The van der Waals surface area contributed by atoms with Gasteiger partial charge in [0.1, 0.15) is 5.82 Å². The van der Waals surface area contributed by atoms with Crippen LogP contribution in [0.1, 0.15) is 12.5 Å². The number of halogens is 1. The van der Waals surface area contributed by atoms with E-state index in [9.17, 15) is 0 Å². The molecule has 16 heavy (non-hydrogen) atoms. The van der Waals surface area contributed by atoms with Crippen molar-refractivity contribution in [1.29, 1.82) is 0 Å². The van der Waals surface area contributed by atoms with Gasteiger partial charge in [0.15, 0.2) is 0 Å². The minimum Gasteiger partial charge on any atom is -0.384 e.